The number of hydrogen-bond donors (Lipinski definition) is 1. The Balaban J connectivity index is 2.31. The van der Waals surface area contributed by atoms with Crippen LogP contribution in [0, 0.1) is 5.82 Å². The molecule has 0 unspecified atom stereocenters. The smallest absolute Gasteiger partial charge is 0.400 e. The summed E-state index contributed by atoms with van der Waals surface area (Å²) in [6.45, 7) is 8.18. The normalized spacial score (nSPS) is 20.9. The fraction of sp³-hybridized carbons (Fsp3) is 0.467. The lowest BCUT2D eigenvalue weighted by Gasteiger charge is -2.32. The Hall–Kier alpha value is -0.875. The molecular formula is C15H20BClFNO2. The zero-order chi connectivity index (χ0) is 15.8. The predicted molar refractivity (Wildman–Crippen MR) is 84.5 cm³/mol. The van der Waals surface area contributed by atoms with Gasteiger partial charge in [-0.1, -0.05) is 23.7 Å². The summed E-state index contributed by atoms with van der Waals surface area (Å²) in [6, 6.07) is 4.24. The van der Waals surface area contributed by atoms with E-state index in [2.05, 4.69) is 0 Å². The van der Waals surface area contributed by atoms with Gasteiger partial charge in [-0.3, -0.25) is 0 Å². The lowest BCUT2D eigenvalue weighted by Crippen LogP contribution is -2.41. The summed E-state index contributed by atoms with van der Waals surface area (Å²) < 4.78 is 25.0. The van der Waals surface area contributed by atoms with E-state index in [1.165, 1.54) is 12.1 Å². The average molecular weight is 312 g/mol. The highest BCUT2D eigenvalue weighted by atomic mass is 35.5. The maximum Gasteiger partial charge on any atom is 0.491 e. The Morgan fingerprint density at radius 1 is 1.29 bits per heavy atom. The molecule has 0 aliphatic carbocycles. The summed E-state index contributed by atoms with van der Waals surface area (Å²) in [6.07, 6.45) is 1.80. The van der Waals surface area contributed by atoms with E-state index in [4.69, 9.17) is 26.6 Å². The second kappa shape index (κ2) is 5.73. The van der Waals surface area contributed by atoms with Crippen molar-refractivity contribution in [3.05, 3.63) is 40.1 Å². The Morgan fingerprint density at radius 2 is 1.86 bits per heavy atom. The van der Waals surface area contributed by atoms with Crippen molar-refractivity contribution < 1.29 is 13.7 Å². The minimum Gasteiger partial charge on any atom is -0.400 e. The van der Waals surface area contributed by atoms with Crippen LogP contribution in [0.5, 0.6) is 0 Å². The number of benzene rings is 1. The Labute approximate surface area is 130 Å². The fourth-order valence-electron chi connectivity index (χ4n) is 2.04. The van der Waals surface area contributed by atoms with Gasteiger partial charge in [0.1, 0.15) is 5.82 Å². The third kappa shape index (κ3) is 3.32. The molecule has 0 saturated carbocycles. The first-order valence-electron chi connectivity index (χ1n) is 6.87. The zero-order valence-electron chi connectivity index (χ0n) is 12.7. The highest BCUT2D eigenvalue weighted by Crippen LogP contribution is 2.38. The van der Waals surface area contributed by atoms with Crippen molar-refractivity contribution in [2.24, 2.45) is 5.73 Å². The van der Waals surface area contributed by atoms with Gasteiger partial charge in [-0.2, -0.15) is 0 Å². The molecule has 0 atom stereocenters. The highest BCUT2D eigenvalue weighted by molar-refractivity contribution is 6.56. The number of halogens is 2. The number of rotatable bonds is 3. The minimum atomic E-state index is -0.527. The van der Waals surface area contributed by atoms with Crippen molar-refractivity contribution >= 4 is 24.8 Å². The van der Waals surface area contributed by atoms with E-state index in [0.29, 0.717) is 10.6 Å². The molecule has 1 aliphatic rings. The molecule has 0 bridgehead atoms. The maximum atomic E-state index is 13.1. The van der Waals surface area contributed by atoms with Crippen LogP contribution >= 0.6 is 11.6 Å². The van der Waals surface area contributed by atoms with Crippen molar-refractivity contribution in [3.63, 3.8) is 0 Å². The quantitative estimate of drug-likeness (QED) is 0.870. The summed E-state index contributed by atoms with van der Waals surface area (Å²) in [5.74, 6) is -0.373. The second-order valence-corrected chi connectivity index (χ2v) is 6.58. The topological polar surface area (TPSA) is 44.5 Å². The molecule has 1 aliphatic heterocycles. The van der Waals surface area contributed by atoms with E-state index in [-0.39, 0.29) is 12.4 Å². The molecule has 3 nitrogen and oxygen atoms in total. The van der Waals surface area contributed by atoms with E-state index < -0.39 is 18.3 Å². The molecule has 2 N–H and O–H groups in total. The van der Waals surface area contributed by atoms with E-state index in [1.807, 2.05) is 27.7 Å². The van der Waals surface area contributed by atoms with Gasteiger partial charge in [0, 0.05) is 6.54 Å². The number of nitrogens with two attached hydrogens (primary N) is 1. The molecule has 1 heterocycles. The van der Waals surface area contributed by atoms with Crippen LogP contribution in [0.25, 0.3) is 6.08 Å². The van der Waals surface area contributed by atoms with Crippen molar-refractivity contribution in [2.45, 2.75) is 38.9 Å². The van der Waals surface area contributed by atoms with Crippen LogP contribution in [0.4, 0.5) is 4.39 Å². The number of hydrogen-bond acceptors (Lipinski definition) is 3. The summed E-state index contributed by atoms with van der Waals surface area (Å²) in [4.78, 5) is 0. The van der Waals surface area contributed by atoms with E-state index in [1.54, 1.807) is 12.1 Å². The van der Waals surface area contributed by atoms with Crippen LogP contribution < -0.4 is 5.73 Å². The first-order chi connectivity index (χ1) is 9.66. The molecule has 0 amide bonds. The molecule has 2 rings (SSSR count). The van der Waals surface area contributed by atoms with Crippen LogP contribution in [0.15, 0.2) is 23.7 Å². The summed E-state index contributed by atoms with van der Waals surface area (Å²) in [5.41, 5.74) is 6.40. The van der Waals surface area contributed by atoms with Gasteiger partial charge in [-0.15, -0.1) is 0 Å². The van der Waals surface area contributed by atoms with E-state index in [9.17, 15) is 4.39 Å². The summed E-state index contributed by atoms with van der Waals surface area (Å²) >= 11 is 6.04. The molecule has 0 spiro atoms. The van der Waals surface area contributed by atoms with Gasteiger partial charge in [-0.05, 0) is 50.9 Å². The molecule has 0 radical (unpaired) electrons. The third-order valence-electron chi connectivity index (χ3n) is 4.10. The molecule has 1 saturated heterocycles. The first kappa shape index (κ1) is 16.5. The SMILES string of the molecule is CC1(C)OB(C(=Cc2ccc(F)cc2Cl)CN)OC1(C)C. The maximum absolute atomic E-state index is 13.1. The highest BCUT2D eigenvalue weighted by Gasteiger charge is 2.52. The van der Waals surface area contributed by atoms with Gasteiger partial charge in [0.05, 0.1) is 16.2 Å². The second-order valence-electron chi connectivity index (χ2n) is 6.18. The Bertz CT molecular complexity index is 559. The van der Waals surface area contributed by atoms with Gasteiger partial charge in [-0.25, -0.2) is 4.39 Å². The molecule has 0 aromatic heterocycles. The van der Waals surface area contributed by atoms with Crippen LogP contribution in [0.3, 0.4) is 0 Å². The van der Waals surface area contributed by atoms with Crippen molar-refractivity contribution in [1.29, 1.82) is 0 Å². The summed E-state index contributed by atoms with van der Waals surface area (Å²) in [7, 11) is -0.527. The Morgan fingerprint density at radius 3 is 2.33 bits per heavy atom. The van der Waals surface area contributed by atoms with Crippen LogP contribution in [0.2, 0.25) is 5.02 Å². The predicted octanol–water partition coefficient (Wildman–Crippen LogP) is 3.45. The zero-order valence-corrected chi connectivity index (χ0v) is 13.5. The van der Waals surface area contributed by atoms with Gasteiger partial charge < -0.3 is 15.0 Å². The van der Waals surface area contributed by atoms with Crippen molar-refractivity contribution in [3.8, 4) is 0 Å². The van der Waals surface area contributed by atoms with E-state index >= 15 is 0 Å². The molecule has 114 valence electrons. The lowest BCUT2D eigenvalue weighted by atomic mass is 9.77. The minimum absolute atomic E-state index is 0.268. The monoisotopic (exact) mass is 311 g/mol. The molecule has 21 heavy (non-hydrogen) atoms. The van der Waals surface area contributed by atoms with Gasteiger partial charge in [0.2, 0.25) is 0 Å². The van der Waals surface area contributed by atoms with Gasteiger partial charge >= 0.3 is 7.12 Å². The van der Waals surface area contributed by atoms with Crippen LogP contribution in [-0.2, 0) is 9.31 Å². The van der Waals surface area contributed by atoms with Crippen molar-refractivity contribution in [1.82, 2.24) is 0 Å². The van der Waals surface area contributed by atoms with Crippen LogP contribution in [0.1, 0.15) is 33.3 Å². The van der Waals surface area contributed by atoms with Gasteiger partial charge in [0.25, 0.3) is 0 Å². The first-order valence-corrected chi connectivity index (χ1v) is 7.25. The van der Waals surface area contributed by atoms with E-state index in [0.717, 1.165) is 5.47 Å². The third-order valence-corrected chi connectivity index (χ3v) is 4.42. The molecular weight excluding hydrogens is 291 g/mol. The standard InChI is InChI=1S/C15H20BClFNO2/c1-14(2)15(3,4)21-16(20-14)11(9-19)7-10-5-6-12(18)8-13(10)17/h5-8H,9,19H2,1-4H3. The largest absolute Gasteiger partial charge is 0.491 e. The van der Waals surface area contributed by atoms with Gasteiger partial charge in [0.15, 0.2) is 0 Å². The average Bonchev–Trinajstić information content (AvgIpc) is 2.57. The fourth-order valence-corrected chi connectivity index (χ4v) is 2.26. The molecule has 1 aromatic rings. The lowest BCUT2D eigenvalue weighted by molar-refractivity contribution is 0.00578. The summed E-state index contributed by atoms with van der Waals surface area (Å²) in [5, 5.41) is 0.331. The molecule has 1 aromatic carbocycles. The Kier molecular flexibility index (Phi) is 4.50. The van der Waals surface area contributed by atoms with Crippen LogP contribution in [-0.4, -0.2) is 24.9 Å². The van der Waals surface area contributed by atoms with Crippen molar-refractivity contribution in [2.75, 3.05) is 6.54 Å². The molecule has 6 heteroatoms. The molecule has 1 fully saturated rings.